The molecular weight excluding hydrogens is 492 g/mol. The lowest BCUT2D eigenvalue weighted by atomic mass is 9.97. The van der Waals surface area contributed by atoms with Crippen LogP contribution in [0.2, 0.25) is 5.02 Å². The van der Waals surface area contributed by atoms with E-state index in [1.165, 1.54) is 13.2 Å². The van der Waals surface area contributed by atoms with Gasteiger partial charge >= 0.3 is 11.9 Å². The first kappa shape index (κ1) is 26.7. The fourth-order valence-electron chi connectivity index (χ4n) is 3.33. The number of aromatic nitrogens is 1. The average molecular weight is 517 g/mol. The largest absolute Gasteiger partial charge is 0.479 e. The first-order valence-electron chi connectivity index (χ1n) is 10.9. The van der Waals surface area contributed by atoms with E-state index in [4.69, 9.17) is 25.6 Å². The first-order valence-corrected chi connectivity index (χ1v) is 11.3. The van der Waals surface area contributed by atoms with E-state index in [0.29, 0.717) is 5.02 Å². The van der Waals surface area contributed by atoms with Gasteiger partial charge in [-0.3, -0.25) is 9.59 Å². The zero-order valence-electron chi connectivity index (χ0n) is 19.6. The van der Waals surface area contributed by atoms with Gasteiger partial charge in [-0.15, -0.1) is 0 Å². The maximum Gasteiger partial charge on any atom is 0.337 e. The highest BCUT2D eigenvalue weighted by atomic mass is 35.5. The molecule has 10 nitrogen and oxygen atoms in total. The molecule has 0 aliphatic heterocycles. The van der Waals surface area contributed by atoms with Crippen LogP contribution >= 0.6 is 11.6 Å². The highest BCUT2D eigenvalue weighted by Gasteiger charge is 2.25. The lowest BCUT2D eigenvalue weighted by Gasteiger charge is -2.21. The van der Waals surface area contributed by atoms with Crippen molar-refractivity contribution >= 4 is 29.4 Å². The van der Waals surface area contributed by atoms with Gasteiger partial charge in [0.1, 0.15) is 0 Å². The summed E-state index contributed by atoms with van der Waals surface area (Å²) in [5.74, 6) is -2.20. The molecule has 0 bridgehead atoms. The lowest BCUT2D eigenvalue weighted by molar-refractivity contribution is -0.172. The third-order valence-corrected chi connectivity index (χ3v) is 5.33. The van der Waals surface area contributed by atoms with Crippen LogP contribution in [0, 0.1) is 0 Å². The summed E-state index contributed by atoms with van der Waals surface area (Å²) in [4.78, 5) is 35.6. The van der Waals surface area contributed by atoms with Crippen LogP contribution in [0.4, 0.5) is 0 Å². The van der Waals surface area contributed by atoms with Crippen LogP contribution in [0.5, 0.6) is 5.88 Å². The van der Waals surface area contributed by atoms with Gasteiger partial charge in [0.25, 0.3) is 11.8 Å². The molecule has 190 valence electrons. The third-order valence-electron chi connectivity index (χ3n) is 5.09. The van der Waals surface area contributed by atoms with E-state index in [9.17, 15) is 19.5 Å². The molecule has 0 aliphatic carbocycles. The van der Waals surface area contributed by atoms with E-state index in [1.54, 1.807) is 6.07 Å². The van der Waals surface area contributed by atoms with Crippen molar-refractivity contribution < 1.29 is 38.2 Å². The number of esters is 2. The van der Waals surface area contributed by atoms with Crippen LogP contribution in [-0.4, -0.2) is 54.2 Å². The molecule has 0 saturated heterocycles. The van der Waals surface area contributed by atoms with Gasteiger partial charge in [-0.1, -0.05) is 48.0 Å². The Bertz CT molecular complexity index is 1190. The molecule has 0 fully saturated rings. The molecule has 1 amide bonds. The topological polar surface area (TPSA) is 137 Å². The van der Waals surface area contributed by atoms with Gasteiger partial charge < -0.3 is 29.2 Å². The number of carbonyl (C=O) groups excluding carboxylic acids is 3. The van der Waals surface area contributed by atoms with Crippen molar-refractivity contribution in [2.75, 3.05) is 13.9 Å². The number of rotatable bonds is 11. The maximum absolute atomic E-state index is 12.7. The molecule has 0 saturated carbocycles. The summed E-state index contributed by atoms with van der Waals surface area (Å²) in [6.45, 7) is 0.539. The second kappa shape index (κ2) is 12.7. The summed E-state index contributed by atoms with van der Waals surface area (Å²) < 4.78 is 19.2. The van der Waals surface area contributed by atoms with Gasteiger partial charge in [-0.25, -0.2) is 4.79 Å². The van der Waals surface area contributed by atoms with E-state index in [0.717, 1.165) is 23.6 Å². The van der Waals surface area contributed by atoms with E-state index in [-0.39, 0.29) is 24.5 Å². The van der Waals surface area contributed by atoms with Crippen molar-refractivity contribution in [1.29, 1.82) is 0 Å². The standard InChI is InChI=1S/C25H25ClN2O8/c1-15(29)34-14-35-25(32)21(30)12-20(27-24(31)22-13-23(33-2)28-36-22)10-16-6-8-17(9-7-16)18-4-3-5-19(26)11-18/h3-9,11,13,20-21,30H,10,12,14H2,1-2H3,(H,27,31)/t20-,21?/m1/s1. The van der Waals surface area contributed by atoms with Crippen molar-refractivity contribution in [1.82, 2.24) is 10.5 Å². The van der Waals surface area contributed by atoms with Crippen molar-refractivity contribution in [3.8, 4) is 17.0 Å². The van der Waals surface area contributed by atoms with E-state index >= 15 is 0 Å². The molecule has 1 heterocycles. The summed E-state index contributed by atoms with van der Waals surface area (Å²) >= 11 is 6.08. The predicted octanol–water partition coefficient (Wildman–Crippen LogP) is 3.16. The minimum Gasteiger partial charge on any atom is -0.479 e. The SMILES string of the molecule is COc1cc(C(=O)N[C@H](Cc2ccc(-c3cccc(Cl)c3)cc2)CC(O)C(=O)OCOC(C)=O)on1. The number of halogens is 1. The van der Waals surface area contributed by atoms with Gasteiger partial charge in [0, 0.05) is 24.4 Å². The maximum atomic E-state index is 12.7. The molecule has 3 rings (SSSR count). The summed E-state index contributed by atoms with van der Waals surface area (Å²) in [5.41, 5.74) is 2.73. The van der Waals surface area contributed by atoms with Crippen LogP contribution < -0.4 is 10.1 Å². The Labute approximate surface area is 212 Å². The number of amides is 1. The third kappa shape index (κ3) is 7.82. The zero-order valence-corrected chi connectivity index (χ0v) is 20.4. The first-order chi connectivity index (χ1) is 17.2. The number of hydrogen-bond acceptors (Lipinski definition) is 9. The van der Waals surface area contributed by atoms with Crippen molar-refractivity contribution in [2.45, 2.75) is 31.9 Å². The smallest absolute Gasteiger partial charge is 0.337 e. The van der Waals surface area contributed by atoms with E-state index in [1.807, 2.05) is 42.5 Å². The fraction of sp³-hybridized carbons (Fsp3) is 0.280. The van der Waals surface area contributed by atoms with Crippen molar-refractivity contribution in [3.63, 3.8) is 0 Å². The van der Waals surface area contributed by atoms with Gasteiger partial charge in [0.05, 0.1) is 13.2 Å². The number of carbonyl (C=O) groups is 3. The van der Waals surface area contributed by atoms with Crippen LogP contribution in [0.1, 0.15) is 29.5 Å². The Hall–Kier alpha value is -3.89. The van der Waals surface area contributed by atoms with Gasteiger partial charge in [0.15, 0.2) is 6.10 Å². The summed E-state index contributed by atoms with van der Waals surface area (Å²) in [6, 6.07) is 15.6. The minimum absolute atomic E-state index is 0.0971. The van der Waals surface area contributed by atoms with Gasteiger partial charge in [-0.2, -0.15) is 0 Å². The average Bonchev–Trinajstić information content (AvgIpc) is 3.34. The molecular formula is C25H25ClN2O8. The Morgan fingerprint density at radius 3 is 2.47 bits per heavy atom. The second-order valence-corrected chi connectivity index (χ2v) is 8.22. The monoisotopic (exact) mass is 516 g/mol. The van der Waals surface area contributed by atoms with E-state index in [2.05, 4.69) is 15.2 Å². The van der Waals surface area contributed by atoms with Crippen molar-refractivity contribution in [3.05, 3.63) is 70.9 Å². The molecule has 2 atom stereocenters. The number of aliphatic hydroxyl groups excluding tert-OH is 1. The second-order valence-electron chi connectivity index (χ2n) is 7.78. The summed E-state index contributed by atoms with van der Waals surface area (Å²) in [6.07, 6.45) is -1.48. The molecule has 1 unspecified atom stereocenters. The predicted molar refractivity (Wildman–Crippen MR) is 128 cm³/mol. The fourth-order valence-corrected chi connectivity index (χ4v) is 3.52. The number of methoxy groups -OCH3 is 1. The number of aliphatic hydroxyl groups is 1. The quantitative estimate of drug-likeness (QED) is 0.291. The molecule has 0 aliphatic rings. The number of hydrogen-bond donors (Lipinski definition) is 2. The Balaban J connectivity index is 1.72. The Morgan fingerprint density at radius 1 is 1.08 bits per heavy atom. The number of benzene rings is 2. The molecule has 3 aromatic rings. The highest BCUT2D eigenvalue weighted by molar-refractivity contribution is 6.30. The molecule has 0 radical (unpaired) electrons. The van der Waals surface area contributed by atoms with Crippen LogP contribution in [-0.2, 0) is 25.5 Å². The molecule has 1 aromatic heterocycles. The minimum atomic E-state index is -1.58. The van der Waals surface area contributed by atoms with Gasteiger partial charge in [-0.05, 0) is 40.4 Å². The molecule has 2 N–H and O–H groups in total. The number of nitrogens with zero attached hydrogens (tertiary/aromatic N) is 1. The van der Waals surface area contributed by atoms with Gasteiger partial charge in [0.2, 0.25) is 12.6 Å². The summed E-state index contributed by atoms with van der Waals surface area (Å²) in [7, 11) is 1.38. The highest BCUT2D eigenvalue weighted by Crippen LogP contribution is 2.23. The summed E-state index contributed by atoms with van der Waals surface area (Å²) in [5, 5.41) is 17.3. The lowest BCUT2D eigenvalue weighted by Crippen LogP contribution is -2.41. The number of ether oxygens (including phenoxy) is 3. The molecule has 36 heavy (non-hydrogen) atoms. The van der Waals surface area contributed by atoms with Crippen molar-refractivity contribution in [2.24, 2.45) is 0 Å². The van der Waals surface area contributed by atoms with E-state index < -0.39 is 36.8 Å². The Kier molecular flexibility index (Phi) is 9.43. The number of nitrogens with one attached hydrogen (secondary N) is 1. The molecule has 11 heteroatoms. The normalized spacial score (nSPS) is 12.3. The molecule has 0 spiro atoms. The zero-order chi connectivity index (χ0) is 26.1. The van der Waals surface area contributed by atoms with Crippen LogP contribution in [0.25, 0.3) is 11.1 Å². The molecule has 2 aromatic carbocycles. The van der Waals surface area contributed by atoms with Crippen LogP contribution in [0.3, 0.4) is 0 Å². The van der Waals surface area contributed by atoms with Crippen LogP contribution in [0.15, 0.2) is 59.1 Å². The Morgan fingerprint density at radius 2 is 1.83 bits per heavy atom.